The fraction of sp³-hybridized carbons (Fsp3) is 0.148. The second-order valence-electron chi connectivity index (χ2n) is 8.84. The lowest BCUT2D eigenvalue weighted by Gasteiger charge is -2.25. The van der Waals surface area contributed by atoms with E-state index in [4.69, 9.17) is 21.4 Å². The molecule has 0 saturated carbocycles. The molecule has 0 bridgehead atoms. The van der Waals surface area contributed by atoms with Crippen LogP contribution in [0.5, 0.6) is 0 Å². The summed E-state index contributed by atoms with van der Waals surface area (Å²) in [6.07, 6.45) is 2.72. The minimum atomic E-state index is -5.84. The molecule has 3 aromatic carbocycles. The smallest absolute Gasteiger partial charge is 0.320 e. The predicted molar refractivity (Wildman–Crippen MR) is 145 cm³/mol. The zero-order valence-electron chi connectivity index (χ0n) is 20.6. The van der Waals surface area contributed by atoms with E-state index in [1.165, 1.54) is 22.8 Å². The van der Waals surface area contributed by atoms with Crippen molar-refractivity contribution in [2.24, 2.45) is 0 Å². The van der Waals surface area contributed by atoms with Crippen LogP contribution >= 0.6 is 19.2 Å². The highest BCUT2D eigenvalue weighted by atomic mass is 35.5. The Morgan fingerprint density at radius 1 is 0.974 bits per heavy atom. The Balaban J connectivity index is 1.78. The van der Waals surface area contributed by atoms with E-state index in [0.29, 0.717) is 11.1 Å². The molecule has 0 unspecified atom stereocenters. The van der Waals surface area contributed by atoms with Crippen LogP contribution in [0, 0.1) is 6.92 Å². The van der Waals surface area contributed by atoms with Crippen LogP contribution in [0.3, 0.4) is 0 Å². The standard InChI is InChI=1S/C27H24ClF2N2O5PS/c1-19-13-14-31-16-26(19)39(36,37)32(18-22-9-5-6-10-23(22)21-7-3-2-4-8-21)17-20-11-12-24(25(28)15-20)27(29,30)38(33,34)35/h2-16H,17-18H2,1H3,(H2,33,34,35). The molecule has 39 heavy (non-hydrogen) atoms. The van der Waals surface area contributed by atoms with E-state index < -0.39 is 33.9 Å². The molecule has 1 aromatic heterocycles. The van der Waals surface area contributed by atoms with Crippen LogP contribution in [0.15, 0.2) is 96.2 Å². The third kappa shape index (κ3) is 6.11. The largest absolute Gasteiger partial charge is 0.399 e. The summed E-state index contributed by atoms with van der Waals surface area (Å²) >= 11 is 6.02. The average Bonchev–Trinajstić information content (AvgIpc) is 2.88. The lowest BCUT2D eigenvalue weighted by Crippen LogP contribution is -2.31. The van der Waals surface area contributed by atoms with Crippen molar-refractivity contribution in [1.82, 2.24) is 9.29 Å². The van der Waals surface area contributed by atoms with Crippen molar-refractivity contribution in [3.63, 3.8) is 0 Å². The van der Waals surface area contributed by atoms with Crippen LogP contribution in [0.2, 0.25) is 5.02 Å². The van der Waals surface area contributed by atoms with Gasteiger partial charge in [-0.15, -0.1) is 0 Å². The minimum absolute atomic E-state index is 0.0158. The van der Waals surface area contributed by atoms with Gasteiger partial charge in [-0.05, 0) is 46.9 Å². The van der Waals surface area contributed by atoms with Gasteiger partial charge in [0, 0.05) is 25.5 Å². The molecule has 0 fully saturated rings. The van der Waals surface area contributed by atoms with Crippen LogP contribution in [-0.4, -0.2) is 27.5 Å². The number of hydrogen-bond acceptors (Lipinski definition) is 4. The number of rotatable bonds is 9. The summed E-state index contributed by atoms with van der Waals surface area (Å²) in [5.74, 6) is 0. The first-order valence-corrected chi connectivity index (χ1v) is 15.0. The fourth-order valence-corrected chi connectivity index (χ4v) is 6.57. The maximum absolute atomic E-state index is 14.3. The van der Waals surface area contributed by atoms with Crippen molar-refractivity contribution >= 4 is 29.2 Å². The molecule has 12 heteroatoms. The van der Waals surface area contributed by atoms with Crippen LogP contribution in [0.4, 0.5) is 8.78 Å². The predicted octanol–water partition coefficient (Wildman–Crippen LogP) is 6.33. The maximum Gasteiger partial charge on any atom is 0.399 e. The summed E-state index contributed by atoms with van der Waals surface area (Å²) in [4.78, 5) is 22.1. The third-order valence-electron chi connectivity index (χ3n) is 6.14. The average molecular weight is 593 g/mol. The molecule has 7 nitrogen and oxygen atoms in total. The summed E-state index contributed by atoms with van der Waals surface area (Å²) in [6, 6.07) is 21.4. The Morgan fingerprint density at radius 3 is 2.28 bits per heavy atom. The number of pyridine rings is 1. The van der Waals surface area contributed by atoms with Gasteiger partial charge in [-0.2, -0.15) is 13.1 Å². The summed E-state index contributed by atoms with van der Waals surface area (Å²) in [6.45, 7) is 1.31. The van der Waals surface area contributed by atoms with Gasteiger partial charge >= 0.3 is 13.3 Å². The molecule has 0 spiro atoms. The molecule has 0 amide bonds. The number of aromatic nitrogens is 1. The number of aryl methyl sites for hydroxylation is 1. The number of benzene rings is 3. The Bertz CT molecular complexity index is 1650. The Kier molecular flexibility index (Phi) is 8.37. The number of hydrogen-bond donors (Lipinski definition) is 2. The van der Waals surface area contributed by atoms with Crippen molar-refractivity contribution < 1.29 is 31.6 Å². The SMILES string of the molecule is Cc1ccncc1S(=O)(=O)N(Cc1ccc(C(F)(F)P(=O)(O)O)c(Cl)c1)Cc1ccccc1-c1ccccc1. The molecule has 4 aromatic rings. The number of nitrogens with zero attached hydrogens (tertiary/aromatic N) is 2. The van der Waals surface area contributed by atoms with E-state index >= 15 is 0 Å². The van der Waals surface area contributed by atoms with E-state index in [2.05, 4.69) is 4.98 Å². The zero-order chi connectivity index (χ0) is 28.4. The molecule has 0 aliphatic heterocycles. The third-order valence-corrected chi connectivity index (χ3v) is 9.35. The lowest BCUT2D eigenvalue weighted by atomic mass is 9.99. The van der Waals surface area contributed by atoms with Gasteiger partial charge in [-0.25, -0.2) is 8.42 Å². The maximum atomic E-state index is 14.3. The van der Waals surface area contributed by atoms with E-state index in [-0.39, 0.29) is 23.5 Å². The van der Waals surface area contributed by atoms with Crippen molar-refractivity contribution in [2.45, 2.75) is 30.6 Å². The molecule has 0 radical (unpaired) electrons. The Morgan fingerprint density at radius 2 is 1.64 bits per heavy atom. The van der Waals surface area contributed by atoms with E-state index in [1.807, 2.05) is 42.5 Å². The van der Waals surface area contributed by atoms with Crippen molar-refractivity contribution in [3.05, 3.63) is 119 Å². The topological polar surface area (TPSA) is 108 Å². The van der Waals surface area contributed by atoms with Crippen LogP contribution < -0.4 is 0 Å². The summed E-state index contributed by atoms with van der Waals surface area (Å²) in [7, 11) is -9.99. The summed E-state index contributed by atoms with van der Waals surface area (Å²) < 4.78 is 68.9. The van der Waals surface area contributed by atoms with E-state index in [0.717, 1.165) is 23.3 Å². The number of sulfonamides is 1. The van der Waals surface area contributed by atoms with Gasteiger partial charge in [0.2, 0.25) is 10.0 Å². The summed E-state index contributed by atoms with van der Waals surface area (Å²) in [5, 5.41) is -0.597. The second kappa shape index (κ2) is 11.3. The number of halogens is 3. The Hall–Kier alpha value is -2.98. The first-order chi connectivity index (χ1) is 18.3. The molecule has 204 valence electrons. The highest BCUT2D eigenvalue weighted by Crippen LogP contribution is 2.60. The molecular weight excluding hydrogens is 569 g/mol. The van der Waals surface area contributed by atoms with Crippen LogP contribution in [0.25, 0.3) is 11.1 Å². The quantitative estimate of drug-likeness (QED) is 0.220. The van der Waals surface area contributed by atoms with Gasteiger partial charge in [0.05, 0.1) is 10.6 Å². The number of alkyl halides is 2. The van der Waals surface area contributed by atoms with Gasteiger partial charge < -0.3 is 9.79 Å². The molecule has 4 rings (SSSR count). The van der Waals surface area contributed by atoms with Gasteiger partial charge in [0.1, 0.15) is 4.90 Å². The van der Waals surface area contributed by atoms with E-state index in [1.54, 1.807) is 25.1 Å². The van der Waals surface area contributed by atoms with Crippen molar-refractivity contribution in [1.29, 1.82) is 0 Å². The van der Waals surface area contributed by atoms with Gasteiger partial charge in [-0.1, -0.05) is 78.3 Å². The van der Waals surface area contributed by atoms with Gasteiger partial charge in [-0.3, -0.25) is 9.55 Å². The molecule has 0 saturated heterocycles. The van der Waals surface area contributed by atoms with Crippen molar-refractivity contribution in [2.75, 3.05) is 0 Å². The first-order valence-electron chi connectivity index (χ1n) is 11.6. The molecule has 0 atom stereocenters. The highest BCUT2D eigenvalue weighted by molar-refractivity contribution is 7.89. The molecular formula is C27H24ClF2N2O5PS. The molecule has 2 N–H and O–H groups in total. The normalized spacial score (nSPS) is 12.6. The lowest BCUT2D eigenvalue weighted by molar-refractivity contribution is 0.0565. The van der Waals surface area contributed by atoms with E-state index in [9.17, 15) is 21.8 Å². The molecule has 1 heterocycles. The Labute approximate surface area is 229 Å². The first kappa shape index (κ1) is 29.0. The van der Waals surface area contributed by atoms with Gasteiger partial charge in [0.15, 0.2) is 0 Å². The highest BCUT2D eigenvalue weighted by Gasteiger charge is 2.51. The van der Waals surface area contributed by atoms with Crippen molar-refractivity contribution in [3.8, 4) is 11.1 Å². The fourth-order valence-electron chi connectivity index (χ4n) is 4.09. The monoisotopic (exact) mass is 592 g/mol. The second-order valence-corrected chi connectivity index (χ2v) is 12.8. The minimum Gasteiger partial charge on any atom is -0.320 e. The molecule has 0 aliphatic rings. The zero-order valence-corrected chi connectivity index (χ0v) is 23.0. The molecule has 0 aliphatic carbocycles. The summed E-state index contributed by atoms with van der Waals surface area (Å²) in [5.41, 5.74) is -2.44. The van der Waals surface area contributed by atoms with Crippen LogP contribution in [0.1, 0.15) is 22.3 Å². The van der Waals surface area contributed by atoms with Crippen LogP contribution in [-0.2, 0) is 33.3 Å². The van der Waals surface area contributed by atoms with Gasteiger partial charge in [0.25, 0.3) is 0 Å².